The molecule has 0 aromatic carbocycles. The smallest absolute Gasteiger partial charge is 0.308 e. The van der Waals surface area contributed by atoms with Crippen LogP contribution in [0.4, 0.5) is 13.2 Å². The average molecular weight is 216 g/mol. The first kappa shape index (κ1) is 10.4. The zero-order valence-corrected chi connectivity index (χ0v) is 8.01. The molecule has 0 unspecified atom stereocenters. The van der Waals surface area contributed by atoms with Crippen LogP contribution in [0.15, 0.2) is 18.3 Å². The van der Waals surface area contributed by atoms with Gasteiger partial charge in [0, 0.05) is 18.8 Å². The van der Waals surface area contributed by atoms with Crippen LogP contribution in [0.2, 0.25) is 0 Å². The van der Waals surface area contributed by atoms with Gasteiger partial charge in [-0.25, -0.2) is 0 Å². The number of nitrogens with one attached hydrogen (secondary N) is 1. The van der Waals surface area contributed by atoms with Crippen LogP contribution in [-0.2, 0) is 12.7 Å². The molecule has 15 heavy (non-hydrogen) atoms. The van der Waals surface area contributed by atoms with Gasteiger partial charge in [-0.15, -0.1) is 0 Å². The minimum Gasteiger partial charge on any atom is -0.308 e. The van der Waals surface area contributed by atoms with Crippen molar-refractivity contribution < 1.29 is 13.2 Å². The second-order valence-electron chi connectivity index (χ2n) is 3.69. The Bertz CT molecular complexity index is 328. The lowest BCUT2D eigenvalue weighted by molar-refractivity contribution is -0.137. The van der Waals surface area contributed by atoms with E-state index in [0.717, 1.165) is 25.1 Å². The van der Waals surface area contributed by atoms with Gasteiger partial charge >= 0.3 is 6.18 Å². The topological polar surface area (TPSA) is 24.9 Å². The summed E-state index contributed by atoms with van der Waals surface area (Å²) in [5, 5.41) is 3.19. The third kappa shape index (κ3) is 2.92. The molecule has 1 N–H and O–H groups in total. The molecular formula is C10H11F3N2. The van der Waals surface area contributed by atoms with E-state index in [1.807, 2.05) is 0 Å². The molecule has 0 saturated heterocycles. The lowest BCUT2D eigenvalue weighted by Crippen LogP contribution is -2.16. The highest BCUT2D eigenvalue weighted by Crippen LogP contribution is 2.28. The predicted molar refractivity (Wildman–Crippen MR) is 49.1 cm³/mol. The minimum absolute atomic E-state index is 0.536. The molecule has 1 fully saturated rings. The summed E-state index contributed by atoms with van der Waals surface area (Å²) < 4.78 is 36.6. The van der Waals surface area contributed by atoms with Gasteiger partial charge in [0.25, 0.3) is 0 Å². The summed E-state index contributed by atoms with van der Waals surface area (Å²) in [6, 6.07) is 3.02. The lowest BCUT2D eigenvalue weighted by atomic mass is 10.2. The van der Waals surface area contributed by atoms with Gasteiger partial charge in [0.05, 0.1) is 11.3 Å². The van der Waals surface area contributed by atoms with Crippen molar-refractivity contribution in [3.63, 3.8) is 0 Å². The first-order valence-corrected chi connectivity index (χ1v) is 4.81. The van der Waals surface area contributed by atoms with Crippen molar-refractivity contribution in [1.29, 1.82) is 0 Å². The summed E-state index contributed by atoms with van der Waals surface area (Å²) in [4.78, 5) is 3.76. The van der Waals surface area contributed by atoms with Crippen LogP contribution in [-0.4, -0.2) is 11.0 Å². The van der Waals surface area contributed by atoms with Crippen molar-refractivity contribution in [3.05, 3.63) is 29.6 Å². The first-order valence-electron chi connectivity index (χ1n) is 4.81. The summed E-state index contributed by atoms with van der Waals surface area (Å²) in [6.07, 6.45) is -1.11. The van der Waals surface area contributed by atoms with Gasteiger partial charge in [-0.3, -0.25) is 4.98 Å². The van der Waals surface area contributed by atoms with Crippen LogP contribution in [0.5, 0.6) is 0 Å². The molecule has 2 nitrogen and oxygen atoms in total. The maximum absolute atomic E-state index is 12.2. The third-order valence-corrected chi connectivity index (χ3v) is 2.30. The van der Waals surface area contributed by atoms with Crippen molar-refractivity contribution in [2.45, 2.75) is 31.6 Å². The molecule has 0 amide bonds. The quantitative estimate of drug-likeness (QED) is 0.838. The number of rotatable bonds is 3. The molecule has 1 aliphatic carbocycles. The van der Waals surface area contributed by atoms with E-state index in [1.54, 1.807) is 0 Å². The number of hydrogen-bond acceptors (Lipinski definition) is 2. The summed E-state index contributed by atoms with van der Waals surface area (Å²) in [7, 11) is 0. The van der Waals surface area contributed by atoms with Crippen LogP contribution >= 0.6 is 0 Å². The van der Waals surface area contributed by atoms with E-state index in [9.17, 15) is 13.2 Å². The largest absolute Gasteiger partial charge is 0.417 e. The molecular weight excluding hydrogens is 205 g/mol. The van der Waals surface area contributed by atoms with E-state index in [1.165, 1.54) is 6.07 Å². The molecule has 1 heterocycles. The SMILES string of the molecule is FC(F)(F)c1ccc(CNC2CC2)nc1. The molecule has 0 atom stereocenters. The van der Waals surface area contributed by atoms with Crippen molar-refractivity contribution in [1.82, 2.24) is 10.3 Å². The normalized spacial score (nSPS) is 16.7. The van der Waals surface area contributed by atoms with Gasteiger partial charge in [-0.05, 0) is 25.0 Å². The molecule has 1 aromatic heterocycles. The van der Waals surface area contributed by atoms with E-state index < -0.39 is 11.7 Å². The highest BCUT2D eigenvalue weighted by molar-refractivity contribution is 5.16. The van der Waals surface area contributed by atoms with Crippen molar-refractivity contribution in [2.75, 3.05) is 0 Å². The van der Waals surface area contributed by atoms with Gasteiger partial charge in [-0.2, -0.15) is 13.2 Å². The maximum Gasteiger partial charge on any atom is 0.417 e. The summed E-state index contributed by atoms with van der Waals surface area (Å²) in [5.41, 5.74) is -0.0485. The van der Waals surface area contributed by atoms with E-state index >= 15 is 0 Å². The summed E-state index contributed by atoms with van der Waals surface area (Å²) >= 11 is 0. The molecule has 1 aromatic rings. The molecule has 1 saturated carbocycles. The molecule has 5 heteroatoms. The van der Waals surface area contributed by atoms with Gasteiger partial charge in [0.15, 0.2) is 0 Å². The Balaban J connectivity index is 1.96. The van der Waals surface area contributed by atoms with E-state index in [4.69, 9.17) is 0 Å². The third-order valence-electron chi connectivity index (χ3n) is 2.30. The van der Waals surface area contributed by atoms with Crippen molar-refractivity contribution >= 4 is 0 Å². The Labute approximate surface area is 85.5 Å². The second-order valence-corrected chi connectivity index (χ2v) is 3.69. The number of aromatic nitrogens is 1. The lowest BCUT2D eigenvalue weighted by Gasteiger charge is -2.07. The number of alkyl halides is 3. The molecule has 2 rings (SSSR count). The fourth-order valence-corrected chi connectivity index (χ4v) is 1.23. The summed E-state index contributed by atoms with van der Waals surface area (Å²) in [5.74, 6) is 0. The molecule has 82 valence electrons. The number of pyridine rings is 1. The van der Waals surface area contributed by atoms with Crippen LogP contribution in [0.25, 0.3) is 0 Å². The number of nitrogens with zero attached hydrogens (tertiary/aromatic N) is 1. The Hall–Kier alpha value is -1.10. The molecule has 0 aliphatic heterocycles. The zero-order chi connectivity index (χ0) is 10.9. The van der Waals surface area contributed by atoms with Crippen LogP contribution in [0, 0.1) is 0 Å². The predicted octanol–water partition coefficient (Wildman–Crippen LogP) is 2.35. The maximum atomic E-state index is 12.2. The van der Waals surface area contributed by atoms with E-state index in [0.29, 0.717) is 18.3 Å². The van der Waals surface area contributed by atoms with Crippen molar-refractivity contribution in [2.24, 2.45) is 0 Å². The first-order chi connectivity index (χ1) is 7.05. The fourth-order valence-electron chi connectivity index (χ4n) is 1.23. The monoisotopic (exact) mass is 216 g/mol. The standard InChI is InChI=1S/C10H11F3N2/c11-10(12,13)7-1-2-9(14-5-7)6-15-8-3-4-8/h1-2,5,8,15H,3-4,6H2. The molecule has 0 radical (unpaired) electrons. The number of halogens is 3. The second kappa shape index (κ2) is 3.81. The minimum atomic E-state index is -4.30. The van der Waals surface area contributed by atoms with Gasteiger partial charge < -0.3 is 5.32 Å². The highest BCUT2D eigenvalue weighted by atomic mass is 19.4. The Morgan fingerprint density at radius 2 is 2.07 bits per heavy atom. The number of hydrogen-bond donors (Lipinski definition) is 1. The van der Waals surface area contributed by atoms with Crippen LogP contribution in [0.1, 0.15) is 24.1 Å². The zero-order valence-electron chi connectivity index (χ0n) is 8.01. The Morgan fingerprint density at radius 1 is 1.33 bits per heavy atom. The Morgan fingerprint density at radius 3 is 2.53 bits per heavy atom. The Kier molecular flexibility index (Phi) is 2.65. The van der Waals surface area contributed by atoms with Gasteiger partial charge in [0.2, 0.25) is 0 Å². The average Bonchev–Trinajstić information content (AvgIpc) is 2.97. The van der Waals surface area contributed by atoms with Crippen LogP contribution < -0.4 is 5.32 Å². The van der Waals surface area contributed by atoms with Crippen molar-refractivity contribution in [3.8, 4) is 0 Å². The fraction of sp³-hybridized carbons (Fsp3) is 0.500. The van der Waals surface area contributed by atoms with Gasteiger partial charge in [-0.1, -0.05) is 0 Å². The molecule has 0 spiro atoms. The molecule has 0 bridgehead atoms. The van der Waals surface area contributed by atoms with E-state index in [-0.39, 0.29) is 0 Å². The summed E-state index contributed by atoms with van der Waals surface area (Å²) in [6.45, 7) is 0.544. The molecule has 1 aliphatic rings. The highest BCUT2D eigenvalue weighted by Gasteiger charge is 2.30. The van der Waals surface area contributed by atoms with E-state index in [2.05, 4.69) is 10.3 Å². The van der Waals surface area contributed by atoms with Crippen LogP contribution in [0.3, 0.4) is 0 Å². The van der Waals surface area contributed by atoms with Gasteiger partial charge in [0.1, 0.15) is 0 Å².